The van der Waals surface area contributed by atoms with Gasteiger partial charge in [0.25, 0.3) is 0 Å². The van der Waals surface area contributed by atoms with Gasteiger partial charge in [-0.2, -0.15) is 0 Å². The van der Waals surface area contributed by atoms with Crippen molar-refractivity contribution in [1.82, 2.24) is 5.32 Å². The van der Waals surface area contributed by atoms with Crippen molar-refractivity contribution in [3.05, 3.63) is 34.9 Å². The molecule has 1 rings (SSSR count). The van der Waals surface area contributed by atoms with E-state index >= 15 is 0 Å². The lowest BCUT2D eigenvalue weighted by atomic mass is 10.2. The first-order valence-electron chi connectivity index (χ1n) is 6.59. The monoisotopic (exact) mass is 333 g/mol. The molecule has 0 saturated heterocycles. The van der Waals surface area contributed by atoms with E-state index in [1.54, 1.807) is 31.4 Å². The van der Waals surface area contributed by atoms with Gasteiger partial charge in [-0.25, -0.2) is 8.42 Å². The highest BCUT2D eigenvalue weighted by Gasteiger charge is 2.27. The van der Waals surface area contributed by atoms with Crippen LogP contribution in [0.1, 0.15) is 18.9 Å². The van der Waals surface area contributed by atoms with Crippen LogP contribution in [-0.4, -0.2) is 39.8 Å². The summed E-state index contributed by atoms with van der Waals surface area (Å²) in [5, 5.41) is 1.97. The number of nitrogens with one attached hydrogen (secondary N) is 1. The Kier molecular flexibility index (Phi) is 7.14. The van der Waals surface area contributed by atoms with Crippen molar-refractivity contribution >= 4 is 27.3 Å². The molecule has 21 heavy (non-hydrogen) atoms. The molecule has 1 aromatic rings. The minimum Gasteiger partial charge on any atom is -0.385 e. The molecule has 0 bridgehead atoms. The number of sulfone groups is 1. The Bertz CT molecular complexity index is 574. The zero-order valence-corrected chi connectivity index (χ0v) is 13.7. The van der Waals surface area contributed by atoms with Gasteiger partial charge in [-0.3, -0.25) is 4.79 Å². The van der Waals surface area contributed by atoms with Crippen LogP contribution in [0, 0.1) is 0 Å². The van der Waals surface area contributed by atoms with Crippen molar-refractivity contribution < 1.29 is 17.9 Å². The summed E-state index contributed by atoms with van der Waals surface area (Å²) in [5.74, 6) is -0.701. The molecule has 7 heteroatoms. The Hall–Kier alpha value is -1.11. The number of methoxy groups -OCH3 is 1. The molecule has 0 aliphatic carbocycles. The molecule has 1 amide bonds. The predicted molar refractivity (Wildman–Crippen MR) is 83.0 cm³/mol. The first-order valence-corrected chi connectivity index (χ1v) is 8.69. The summed E-state index contributed by atoms with van der Waals surface area (Å²) in [4.78, 5) is 11.9. The maximum atomic E-state index is 12.2. The van der Waals surface area contributed by atoms with E-state index in [2.05, 4.69) is 5.32 Å². The number of carbonyl (C=O) groups is 1. The predicted octanol–water partition coefficient (Wildman–Crippen LogP) is 1.80. The Morgan fingerprint density at radius 1 is 1.43 bits per heavy atom. The summed E-state index contributed by atoms with van der Waals surface area (Å²) in [6, 6.07) is 6.61. The Morgan fingerprint density at radius 2 is 2.14 bits per heavy atom. The number of hydrogen-bond acceptors (Lipinski definition) is 4. The summed E-state index contributed by atoms with van der Waals surface area (Å²) in [5.41, 5.74) is 0.571. The molecule has 1 N–H and O–H groups in total. The first-order chi connectivity index (χ1) is 9.86. The third-order valence-electron chi connectivity index (χ3n) is 2.99. The van der Waals surface area contributed by atoms with Crippen molar-refractivity contribution in [2.45, 2.75) is 24.3 Å². The molecule has 0 fully saturated rings. The highest BCUT2D eigenvalue weighted by molar-refractivity contribution is 7.92. The second-order valence-electron chi connectivity index (χ2n) is 4.72. The first kappa shape index (κ1) is 17.9. The van der Waals surface area contributed by atoms with Gasteiger partial charge in [0, 0.05) is 25.3 Å². The normalized spacial score (nSPS) is 12.9. The molecule has 1 aromatic carbocycles. The molecule has 0 spiro atoms. The van der Waals surface area contributed by atoms with Gasteiger partial charge >= 0.3 is 0 Å². The molecule has 5 nitrogen and oxygen atoms in total. The number of hydrogen-bond donors (Lipinski definition) is 1. The Labute approximate surface area is 130 Å². The van der Waals surface area contributed by atoms with Crippen molar-refractivity contribution in [3.8, 4) is 0 Å². The summed E-state index contributed by atoms with van der Waals surface area (Å²) < 4.78 is 29.3. The van der Waals surface area contributed by atoms with E-state index in [0.717, 1.165) is 0 Å². The summed E-state index contributed by atoms with van der Waals surface area (Å²) in [6.45, 7) is 2.30. The molecule has 0 radical (unpaired) electrons. The topological polar surface area (TPSA) is 72.5 Å². The molecule has 0 aliphatic rings. The van der Waals surface area contributed by atoms with Crippen LogP contribution in [0.5, 0.6) is 0 Å². The van der Waals surface area contributed by atoms with E-state index in [4.69, 9.17) is 16.3 Å². The molecule has 0 saturated carbocycles. The van der Waals surface area contributed by atoms with Crippen LogP contribution in [0.4, 0.5) is 0 Å². The van der Waals surface area contributed by atoms with Crippen LogP contribution in [0.3, 0.4) is 0 Å². The molecule has 1 atom stereocenters. The van der Waals surface area contributed by atoms with Crippen LogP contribution >= 0.6 is 11.6 Å². The minimum absolute atomic E-state index is 0.208. The molecule has 118 valence electrons. The minimum atomic E-state index is -3.57. The fraction of sp³-hybridized carbons (Fsp3) is 0.500. The molecule has 0 aromatic heterocycles. The number of amides is 1. The Balaban J connectivity index is 2.62. The van der Waals surface area contributed by atoms with Crippen LogP contribution in [0.25, 0.3) is 0 Å². The number of halogens is 1. The van der Waals surface area contributed by atoms with Crippen LogP contribution < -0.4 is 5.32 Å². The van der Waals surface area contributed by atoms with Gasteiger partial charge < -0.3 is 10.1 Å². The summed E-state index contributed by atoms with van der Waals surface area (Å²) in [7, 11) is -2.00. The number of benzene rings is 1. The largest absolute Gasteiger partial charge is 0.385 e. The third kappa shape index (κ3) is 6.03. The van der Waals surface area contributed by atoms with Gasteiger partial charge in [0.05, 0.1) is 5.75 Å². The smallest absolute Gasteiger partial charge is 0.238 e. The fourth-order valence-electron chi connectivity index (χ4n) is 1.72. The van der Waals surface area contributed by atoms with E-state index in [-0.39, 0.29) is 5.75 Å². The molecule has 0 heterocycles. The highest BCUT2D eigenvalue weighted by Crippen LogP contribution is 2.16. The van der Waals surface area contributed by atoms with Crippen molar-refractivity contribution in [3.63, 3.8) is 0 Å². The Morgan fingerprint density at radius 3 is 2.76 bits per heavy atom. The van der Waals surface area contributed by atoms with Crippen LogP contribution in [0.2, 0.25) is 5.02 Å². The second kappa shape index (κ2) is 8.36. The van der Waals surface area contributed by atoms with Gasteiger partial charge in [0.1, 0.15) is 5.25 Å². The zero-order chi connectivity index (χ0) is 15.9. The molecular formula is C14H20ClNO4S. The van der Waals surface area contributed by atoms with E-state index in [1.165, 1.54) is 6.92 Å². The van der Waals surface area contributed by atoms with Crippen LogP contribution in [-0.2, 0) is 25.1 Å². The maximum absolute atomic E-state index is 12.2. The van der Waals surface area contributed by atoms with Gasteiger partial charge in [0.15, 0.2) is 9.84 Å². The van der Waals surface area contributed by atoms with Gasteiger partial charge in [-0.1, -0.05) is 23.7 Å². The third-order valence-corrected chi connectivity index (χ3v) is 5.25. The second-order valence-corrected chi connectivity index (χ2v) is 7.47. The van der Waals surface area contributed by atoms with E-state index < -0.39 is 21.0 Å². The molecular weight excluding hydrogens is 314 g/mol. The quantitative estimate of drug-likeness (QED) is 0.736. The maximum Gasteiger partial charge on any atom is 0.238 e. The number of rotatable bonds is 8. The van der Waals surface area contributed by atoms with E-state index in [9.17, 15) is 13.2 Å². The lowest BCUT2D eigenvalue weighted by Gasteiger charge is -2.13. The zero-order valence-electron chi connectivity index (χ0n) is 12.1. The average molecular weight is 334 g/mol. The highest BCUT2D eigenvalue weighted by atomic mass is 35.5. The SMILES string of the molecule is COCCCNC(=O)C(C)S(=O)(=O)Cc1cccc(Cl)c1. The van der Waals surface area contributed by atoms with Crippen LogP contribution in [0.15, 0.2) is 24.3 Å². The number of carbonyl (C=O) groups excluding carboxylic acids is 1. The lowest BCUT2D eigenvalue weighted by molar-refractivity contribution is -0.120. The number of ether oxygens (including phenoxy) is 1. The summed E-state index contributed by atoms with van der Waals surface area (Å²) in [6.07, 6.45) is 0.642. The van der Waals surface area contributed by atoms with Gasteiger partial charge in [-0.15, -0.1) is 0 Å². The molecule has 1 unspecified atom stereocenters. The van der Waals surface area contributed by atoms with Gasteiger partial charge in [-0.05, 0) is 31.0 Å². The van der Waals surface area contributed by atoms with E-state index in [0.29, 0.717) is 30.2 Å². The summed E-state index contributed by atoms with van der Waals surface area (Å²) >= 11 is 5.83. The fourth-order valence-corrected chi connectivity index (χ4v) is 3.24. The van der Waals surface area contributed by atoms with E-state index in [1.807, 2.05) is 0 Å². The average Bonchev–Trinajstić information content (AvgIpc) is 2.42. The lowest BCUT2D eigenvalue weighted by Crippen LogP contribution is -2.39. The van der Waals surface area contributed by atoms with Gasteiger partial charge in [0.2, 0.25) is 5.91 Å². The molecule has 0 aliphatic heterocycles. The van der Waals surface area contributed by atoms with Crippen molar-refractivity contribution in [2.75, 3.05) is 20.3 Å². The standard InChI is InChI=1S/C14H20ClNO4S/c1-11(14(17)16-7-4-8-20-2)21(18,19)10-12-5-3-6-13(15)9-12/h3,5-6,9,11H,4,7-8,10H2,1-2H3,(H,16,17). The van der Waals surface area contributed by atoms with Crippen molar-refractivity contribution in [2.24, 2.45) is 0 Å². The van der Waals surface area contributed by atoms with Crippen molar-refractivity contribution in [1.29, 1.82) is 0 Å².